The Morgan fingerprint density at radius 1 is 1.16 bits per heavy atom. The van der Waals surface area contributed by atoms with Gasteiger partial charge in [0.2, 0.25) is 10.0 Å². The van der Waals surface area contributed by atoms with E-state index in [1.807, 2.05) is 0 Å². The average molecular weight is 290 g/mol. The number of hydrogen-bond donors (Lipinski definition) is 2. The molecule has 19 heavy (non-hydrogen) atoms. The predicted octanol–water partition coefficient (Wildman–Crippen LogP) is 0.994. The summed E-state index contributed by atoms with van der Waals surface area (Å²) < 4.78 is 32.6. The summed E-state index contributed by atoms with van der Waals surface area (Å²) in [5, 5.41) is -0.292. The molecule has 0 amide bonds. The van der Waals surface area contributed by atoms with Crippen LogP contribution in [0.4, 0.5) is 0 Å². The van der Waals surface area contributed by atoms with Gasteiger partial charge >= 0.3 is 0 Å². The molecule has 1 heterocycles. The summed E-state index contributed by atoms with van der Waals surface area (Å²) in [7, 11) is -3.22. The van der Waals surface area contributed by atoms with Crippen molar-refractivity contribution in [1.82, 2.24) is 4.72 Å². The van der Waals surface area contributed by atoms with Crippen molar-refractivity contribution in [3.63, 3.8) is 0 Å². The predicted molar refractivity (Wildman–Crippen MR) is 75.3 cm³/mol. The Labute approximate surface area is 116 Å². The van der Waals surface area contributed by atoms with E-state index >= 15 is 0 Å². The Kier molecular flexibility index (Phi) is 5.22. The topological polar surface area (TPSA) is 81.4 Å². The molecular weight excluding hydrogens is 264 g/mol. The van der Waals surface area contributed by atoms with Crippen molar-refractivity contribution in [2.24, 2.45) is 11.1 Å². The minimum atomic E-state index is -3.22. The zero-order valence-electron chi connectivity index (χ0n) is 11.6. The van der Waals surface area contributed by atoms with Crippen molar-refractivity contribution in [2.45, 2.75) is 50.2 Å². The van der Waals surface area contributed by atoms with Crippen LogP contribution in [0.1, 0.15) is 44.9 Å². The Morgan fingerprint density at radius 3 is 2.37 bits per heavy atom. The molecule has 0 spiro atoms. The molecule has 2 rings (SSSR count). The first-order chi connectivity index (χ1) is 9.08. The van der Waals surface area contributed by atoms with E-state index in [4.69, 9.17) is 10.5 Å². The van der Waals surface area contributed by atoms with Gasteiger partial charge in [0.05, 0.1) is 5.25 Å². The summed E-state index contributed by atoms with van der Waals surface area (Å²) in [6.45, 7) is 2.17. The Balaban J connectivity index is 1.92. The molecule has 0 atom stereocenters. The molecular formula is C13H26N2O3S. The largest absolute Gasteiger partial charge is 0.381 e. The molecule has 0 aromatic carbocycles. The Morgan fingerprint density at radius 2 is 1.79 bits per heavy atom. The first-order valence-electron chi connectivity index (χ1n) is 7.34. The number of rotatable bonds is 5. The van der Waals surface area contributed by atoms with Gasteiger partial charge in [0.15, 0.2) is 0 Å². The molecule has 2 fully saturated rings. The summed E-state index contributed by atoms with van der Waals surface area (Å²) in [4.78, 5) is 0. The third kappa shape index (κ3) is 3.90. The maximum Gasteiger partial charge on any atom is 0.214 e. The van der Waals surface area contributed by atoms with Gasteiger partial charge in [0.1, 0.15) is 0 Å². The smallest absolute Gasteiger partial charge is 0.214 e. The SMILES string of the molecule is NCC1(CNS(=O)(=O)C2CCOCC2)CCCCC1. The molecule has 0 aromatic heterocycles. The third-order valence-electron chi connectivity index (χ3n) is 4.60. The summed E-state index contributed by atoms with van der Waals surface area (Å²) in [5.41, 5.74) is 5.87. The highest BCUT2D eigenvalue weighted by molar-refractivity contribution is 7.90. The highest BCUT2D eigenvalue weighted by Crippen LogP contribution is 2.35. The lowest BCUT2D eigenvalue weighted by Crippen LogP contribution is -2.47. The highest BCUT2D eigenvalue weighted by Gasteiger charge is 2.34. The molecule has 1 saturated heterocycles. The molecule has 0 unspecified atom stereocenters. The van der Waals surface area contributed by atoms with E-state index in [0.29, 0.717) is 39.1 Å². The van der Waals surface area contributed by atoms with Gasteiger partial charge in [-0.2, -0.15) is 0 Å². The monoisotopic (exact) mass is 290 g/mol. The van der Waals surface area contributed by atoms with E-state index < -0.39 is 10.0 Å². The van der Waals surface area contributed by atoms with Crippen LogP contribution < -0.4 is 10.5 Å². The van der Waals surface area contributed by atoms with E-state index in [1.165, 1.54) is 6.42 Å². The van der Waals surface area contributed by atoms with Crippen LogP contribution in [0.25, 0.3) is 0 Å². The van der Waals surface area contributed by atoms with Gasteiger partial charge in [-0.05, 0) is 37.6 Å². The van der Waals surface area contributed by atoms with Gasteiger partial charge in [0.25, 0.3) is 0 Å². The molecule has 5 nitrogen and oxygen atoms in total. The third-order valence-corrected chi connectivity index (χ3v) is 6.50. The van der Waals surface area contributed by atoms with Crippen LogP contribution in [-0.2, 0) is 14.8 Å². The molecule has 0 aromatic rings. The molecule has 6 heteroatoms. The second-order valence-corrected chi connectivity index (χ2v) is 7.99. The Hall–Kier alpha value is -0.170. The second-order valence-electron chi connectivity index (χ2n) is 5.94. The van der Waals surface area contributed by atoms with Crippen molar-refractivity contribution in [3.8, 4) is 0 Å². The first-order valence-corrected chi connectivity index (χ1v) is 8.89. The number of ether oxygens (including phenoxy) is 1. The van der Waals surface area contributed by atoms with Gasteiger partial charge in [-0.3, -0.25) is 0 Å². The number of nitrogens with two attached hydrogens (primary N) is 1. The maximum atomic E-state index is 12.3. The highest BCUT2D eigenvalue weighted by atomic mass is 32.2. The van der Waals surface area contributed by atoms with Crippen LogP contribution >= 0.6 is 0 Å². The lowest BCUT2D eigenvalue weighted by Gasteiger charge is -2.36. The summed E-state index contributed by atoms with van der Waals surface area (Å²) >= 11 is 0. The number of sulfonamides is 1. The van der Waals surface area contributed by atoms with Crippen LogP contribution in [0.15, 0.2) is 0 Å². The summed E-state index contributed by atoms with van der Waals surface area (Å²) in [6, 6.07) is 0. The van der Waals surface area contributed by atoms with Gasteiger partial charge in [-0.25, -0.2) is 13.1 Å². The standard InChI is InChI=1S/C13H26N2O3S/c14-10-13(6-2-1-3-7-13)11-15-19(16,17)12-4-8-18-9-5-12/h12,15H,1-11,14H2. The number of nitrogens with one attached hydrogen (secondary N) is 1. The molecule has 1 saturated carbocycles. The van der Waals surface area contributed by atoms with Crippen LogP contribution in [0.2, 0.25) is 0 Å². The zero-order chi connectivity index (χ0) is 13.8. The van der Waals surface area contributed by atoms with Gasteiger partial charge in [0, 0.05) is 19.8 Å². The fraction of sp³-hybridized carbons (Fsp3) is 1.00. The average Bonchev–Trinajstić information content (AvgIpc) is 2.47. The van der Waals surface area contributed by atoms with E-state index in [1.54, 1.807) is 0 Å². The van der Waals surface area contributed by atoms with Gasteiger partial charge in [-0.15, -0.1) is 0 Å². The zero-order valence-corrected chi connectivity index (χ0v) is 12.4. The lowest BCUT2D eigenvalue weighted by atomic mass is 9.74. The van der Waals surface area contributed by atoms with Crippen molar-refractivity contribution < 1.29 is 13.2 Å². The quantitative estimate of drug-likeness (QED) is 0.791. The van der Waals surface area contributed by atoms with Crippen molar-refractivity contribution >= 4 is 10.0 Å². The minimum absolute atomic E-state index is 0.0174. The maximum absolute atomic E-state index is 12.3. The molecule has 0 bridgehead atoms. The molecule has 3 N–H and O–H groups in total. The normalized spacial score (nSPS) is 25.3. The fourth-order valence-electron chi connectivity index (χ4n) is 3.11. The van der Waals surface area contributed by atoms with E-state index in [9.17, 15) is 8.42 Å². The summed E-state index contributed by atoms with van der Waals surface area (Å²) in [5.74, 6) is 0. The molecule has 1 aliphatic heterocycles. The van der Waals surface area contributed by atoms with Crippen LogP contribution in [-0.4, -0.2) is 40.0 Å². The van der Waals surface area contributed by atoms with E-state index in [-0.39, 0.29) is 10.7 Å². The second kappa shape index (κ2) is 6.52. The Bertz CT molecular complexity index is 371. The molecule has 2 aliphatic rings. The van der Waals surface area contributed by atoms with Crippen molar-refractivity contribution in [2.75, 3.05) is 26.3 Å². The van der Waals surface area contributed by atoms with Crippen LogP contribution in [0.3, 0.4) is 0 Å². The van der Waals surface area contributed by atoms with Crippen LogP contribution in [0, 0.1) is 5.41 Å². The van der Waals surface area contributed by atoms with Gasteiger partial charge in [-0.1, -0.05) is 19.3 Å². The molecule has 1 aliphatic carbocycles. The summed E-state index contributed by atoms with van der Waals surface area (Å²) in [6.07, 6.45) is 6.86. The number of hydrogen-bond acceptors (Lipinski definition) is 4. The van der Waals surface area contributed by atoms with Crippen LogP contribution in [0.5, 0.6) is 0 Å². The van der Waals surface area contributed by atoms with Crippen molar-refractivity contribution in [1.29, 1.82) is 0 Å². The first kappa shape index (κ1) is 15.2. The van der Waals surface area contributed by atoms with Crippen molar-refractivity contribution in [3.05, 3.63) is 0 Å². The fourth-order valence-corrected chi connectivity index (χ4v) is 4.67. The molecule has 0 radical (unpaired) electrons. The van der Waals surface area contributed by atoms with E-state index in [0.717, 1.165) is 25.7 Å². The van der Waals surface area contributed by atoms with E-state index in [2.05, 4.69) is 4.72 Å². The van der Waals surface area contributed by atoms with Gasteiger partial charge < -0.3 is 10.5 Å². The lowest BCUT2D eigenvalue weighted by molar-refractivity contribution is 0.0979. The minimum Gasteiger partial charge on any atom is -0.381 e. The molecule has 112 valence electrons.